The fourth-order valence-corrected chi connectivity index (χ4v) is 4.88. The molecule has 1 heterocycles. The first-order valence-corrected chi connectivity index (χ1v) is 12.1. The Morgan fingerprint density at radius 3 is 2.10 bits per heavy atom. The number of sulfonamides is 2. The number of morpholine rings is 1. The number of carbonyl (C=O) groups is 1. The van der Waals surface area contributed by atoms with Crippen LogP contribution < -0.4 is 4.72 Å². The van der Waals surface area contributed by atoms with E-state index in [0.717, 1.165) is 4.31 Å². The molecule has 1 aliphatic heterocycles. The Bertz CT molecular complexity index is 1120. The highest BCUT2D eigenvalue weighted by Gasteiger charge is 2.24. The van der Waals surface area contributed by atoms with E-state index in [4.69, 9.17) is 4.74 Å². The second-order valence-electron chi connectivity index (χ2n) is 6.81. The predicted molar refractivity (Wildman–Crippen MR) is 111 cm³/mol. The van der Waals surface area contributed by atoms with Crippen LogP contribution in [-0.2, 0) is 24.8 Å². The van der Waals surface area contributed by atoms with Gasteiger partial charge in [0.2, 0.25) is 10.0 Å². The van der Waals surface area contributed by atoms with E-state index in [-0.39, 0.29) is 26.9 Å². The second kappa shape index (κ2) is 8.72. The summed E-state index contributed by atoms with van der Waals surface area (Å²) in [4.78, 5) is 14.3. The Morgan fingerprint density at radius 1 is 0.933 bits per heavy atom. The summed E-state index contributed by atoms with van der Waals surface area (Å²) in [6, 6.07) is 11.2. The van der Waals surface area contributed by atoms with E-state index in [9.17, 15) is 21.6 Å². The van der Waals surface area contributed by atoms with Crippen molar-refractivity contribution in [3.8, 4) is 0 Å². The summed E-state index contributed by atoms with van der Waals surface area (Å²) in [5, 5.41) is 0. The molecule has 3 rings (SSSR count). The molecule has 2 aromatic carbocycles. The first-order valence-electron chi connectivity index (χ1n) is 9.14. The van der Waals surface area contributed by atoms with Crippen LogP contribution in [0.25, 0.3) is 0 Å². The van der Waals surface area contributed by atoms with Crippen LogP contribution in [0.4, 0.5) is 5.69 Å². The third kappa shape index (κ3) is 4.64. The molecule has 9 nitrogen and oxygen atoms in total. The van der Waals surface area contributed by atoms with Crippen LogP contribution in [0.5, 0.6) is 0 Å². The van der Waals surface area contributed by atoms with Gasteiger partial charge in [-0.2, -0.15) is 0 Å². The number of nitrogens with one attached hydrogen (secondary N) is 1. The van der Waals surface area contributed by atoms with Crippen molar-refractivity contribution >= 4 is 31.6 Å². The number of hydrogen-bond acceptors (Lipinski definition) is 6. The minimum absolute atomic E-state index is 0.0191. The van der Waals surface area contributed by atoms with Crippen LogP contribution in [0, 0.1) is 0 Å². The molecule has 0 aliphatic carbocycles. The maximum absolute atomic E-state index is 12.8. The number of rotatable bonds is 6. The van der Waals surface area contributed by atoms with Crippen molar-refractivity contribution in [2.45, 2.75) is 9.79 Å². The third-order valence-corrected chi connectivity index (χ3v) is 7.82. The van der Waals surface area contributed by atoms with E-state index in [1.165, 1.54) is 44.4 Å². The average molecular weight is 454 g/mol. The number of hydrogen-bond donors (Lipinski definition) is 1. The van der Waals surface area contributed by atoms with Crippen LogP contribution in [0.3, 0.4) is 0 Å². The molecule has 0 spiro atoms. The van der Waals surface area contributed by atoms with Gasteiger partial charge in [0.05, 0.1) is 34.3 Å². The summed E-state index contributed by atoms with van der Waals surface area (Å²) in [5.41, 5.74) is 0.383. The topological polar surface area (TPSA) is 113 Å². The number of nitrogens with zero attached hydrogens (tertiary/aromatic N) is 2. The lowest BCUT2D eigenvalue weighted by Gasteiger charge is -2.27. The van der Waals surface area contributed by atoms with Gasteiger partial charge in [-0.15, -0.1) is 0 Å². The molecule has 0 radical (unpaired) electrons. The highest BCUT2D eigenvalue weighted by atomic mass is 32.2. The van der Waals surface area contributed by atoms with Crippen molar-refractivity contribution < 1.29 is 26.4 Å². The van der Waals surface area contributed by atoms with Gasteiger partial charge in [0.25, 0.3) is 15.9 Å². The summed E-state index contributed by atoms with van der Waals surface area (Å²) in [7, 11) is -4.92. The largest absolute Gasteiger partial charge is 0.378 e. The summed E-state index contributed by atoms with van der Waals surface area (Å²) < 4.78 is 58.7. The minimum Gasteiger partial charge on any atom is -0.378 e. The normalized spacial score (nSPS) is 15.2. The van der Waals surface area contributed by atoms with Gasteiger partial charge < -0.3 is 9.64 Å². The Balaban J connectivity index is 1.86. The van der Waals surface area contributed by atoms with Gasteiger partial charge in [-0.25, -0.2) is 21.1 Å². The van der Waals surface area contributed by atoms with E-state index in [0.29, 0.717) is 26.3 Å². The van der Waals surface area contributed by atoms with Gasteiger partial charge in [0.1, 0.15) is 0 Å². The molecular formula is C19H23N3O6S2. The number of anilines is 1. The molecule has 0 bridgehead atoms. The van der Waals surface area contributed by atoms with Gasteiger partial charge in [0, 0.05) is 27.2 Å². The number of carbonyl (C=O) groups excluding carboxylic acids is 1. The Morgan fingerprint density at radius 2 is 1.50 bits per heavy atom. The smallest absolute Gasteiger partial charge is 0.261 e. The number of ether oxygens (including phenoxy) is 1. The highest BCUT2D eigenvalue weighted by molar-refractivity contribution is 7.92. The fraction of sp³-hybridized carbons (Fsp3) is 0.316. The Kier molecular flexibility index (Phi) is 6.46. The standard InChI is InChI=1S/C19H23N3O6S2/c1-21(2)30(26,27)16-9-7-15(8-10-16)29(24,25)20-18-6-4-3-5-17(18)19(23)22-11-13-28-14-12-22/h3-10,20H,11-14H2,1-2H3. The first-order chi connectivity index (χ1) is 14.1. The molecule has 1 N–H and O–H groups in total. The van der Waals surface area contributed by atoms with Crippen molar-refractivity contribution in [3.05, 3.63) is 54.1 Å². The van der Waals surface area contributed by atoms with E-state index in [1.54, 1.807) is 23.1 Å². The molecule has 1 aliphatic rings. The first kappa shape index (κ1) is 22.2. The quantitative estimate of drug-likeness (QED) is 0.703. The summed E-state index contributed by atoms with van der Waals surface area (Å²) >= 11 is 0. The lowest BCUT2D eigenvalue weighted by Crippen LogP contribution is -2.41. The molecule has 162 valence electrons. The van der Waals surface area contributed by atoms with Crippen LogP contribution in [0.2, 0.25) is 0 Å². The highest BCUT2D eigenvalue weighted by Crippen LogP contribution is 2.23. The van der Waals surface area contributed by atoms with E-state index in [2.05, 4.69) is 4.72 Å². The Hall–Kier alpha value is -2.47. The van der Waals surface area contributed by atoms with E-state index >= 15 is 0 Å². The monoisotopic (exact) mass is 453 g/mol. The maximum atomic E-state index is 12.8. The van der Waals surface area contributed by atoms with Crippen LogP contribution in [-0.4, -0.2) is 72.3 Å². The molecule has 0 unspecified atom stereocenters. The van der Waals surface area contributed by atoms with E-state index < -0.39 is 20.0 Å². The van der Waals surface area contributed by atoms with Crippen molar-refractivity contribution in [1.82, 2.24) is 9.21 Å². The van der Waals surface area contributed by atoms with Crippen LogP contribution in [0.1, 0.15) is 10.4 Å². The number of benzene rings is 2. The molecule has 11 heteroatoms. The molecule has 1 amide bonds. The van der Waals surface area contributed by atoms with Gasteiger partial charge in [0.15, 0.2) is 0 Å². The van der Waals surface area contributed by atoms with Crippen molar-refractivity contribution in [2.75, 3.05) is 45.1 Å². The number of amides is 1. The molecule has 30 heavy (non-hydrogen) atoms. The molecule has 1 fully saturated rings. The zero-order chi connectivity index (χ0) is 21.9. The molecular weight excluding hydrogens is 430 g/mol. The number of para-hydroxylation sites is 1. The van der Waals surface area contributed by atoms with Crippen molar-refractivity contribution in [1.29, 1.82) is 0 Å². The summed E-state index contributed by atoms with van der Waals surface area (Å²) in [6.45, 7) is 1.73. The molecule has 1 saturated heterocycles. The van der Waals surface area contributed by atoms with Crippen molar-refractivity contribution in [3.63, 3.8) is 0 Å². The lowest BCUT2D eigenvalue weighted by atomic mass is 10.1. The Labute approximate surface area is 176 Å². The van der Waals surface area contributed by atoms with Gasteiger partial charge >= 0.3 is 0 Å². The zero-order valence-corrected chi connectivity index (χ0v) is 18.2. The maximum Gasteiger partial charge on any atom is 0.261 e. The minimum atomic E-state index is -4.04. The lowest BCUT2D eigenvalue weighted by molar-refractivity contribution is 0.0303. The molecule has 2 aromatic rings. The van der Waals surface area contributed by atoms with Gasteiger partial charge in [-0.1, -0.05) is 12.1 Å². The SMILES string of the molecule is CN(C)S(=O)(=O)c1ccc(S(=O)(=O)Nc2ccccc2C(=O)N2CCOCC2)cc1. The predicted octanol–water partition coefficient (Wildman–Crippen LogP) is 1.21. The van der Waals surface area contributed by atoms with Gasteiger partial charge in [-0.3, -0.25) is 9.52 Å². The summed E-state index contributed by atoms with van der Waals surface area (Å²) in [5.74, 6) is -0.288. The second-order valence-corrected chi connectivity index (χ2v) is 10.6. The average Bonchev–Trinajstić information content (AvgIpc) is 2.74. The molecule has 0 saturated carbocycles. The molecule has 0 aromatic heterocycles. The third-order valence-electron chi connectivity index (χ3n) is 4.61. The van der Waals surface area contributed by atoms with E-state index in [1.807, 2.05) is 0 Å². The van der Waals surface area contributed by atoms with Crippen LogP contribution >= 0.6 is 0 Å². The fourth-order valence-electron chi connectivity index (χ4n) is 2.90. The van der Waals surface area contributed by atoms with Gasteiger partial charge in [-0.05, 0) is 36.4 Å². The summed E-state index contributed by atoms with van der Waals surface area (Å²) in [6.07, 6.45) is 0. The van der Waals surface area contributed by atoms with Crippen LogP contribution in [0.15, 0.2) is 58.3 Å². The molecule has 0 atom stereocenters. The zero-order valence-electron chi connectivity index (χ0n) is 16.6. The van der Waals surface area contributed by atoms with Crippen molar-refractivity contribution in [2.24, 2.45) is 0 Å².